The molecule has 0 amide bonds. The molecule has 2 aliphatic rings. The van der Waals surface area contributed by atoms with Crippen molar-refractivity contribution >= 4 is 44.4 Å². The molecule has 2 N–H and O–H groups in total. The maximum absolute atomic E-state index is 4.99. The summed E-state index contributed by atoms with van der Waals surface area (Å²) in [7, 11) is 0. The Kier molecular flexibility index (Phi) is 4.52. The van der Waals surface area contributed by atoms with Gasteiger partial charge in [-0.05, 0) is 124 Å². The highest BCUT2D eigenvalue weighted by Gasteiger charge is 2.17. The molecule has 0 saturated carbocycles. The topological polar surface area (TPSA) is 57.4 Å². The van der Waals surface area contributed by atoms with Gasteiger partial charge in [0.1, 0.15) is 0 Å². The average Bonchev–Trinajstić information content (AvgIpc) is 3.37. The summed E-state index contributed by atoms with van der Waals surface area (Å²) >= 11 is 0. The average molecular weight is 423 g/mol. The third-order valence-electron chi connectivity index (χ3n) is 7.55. The Bertz CT molecular complexity index is 1420. The van der Waals surface area contributed by atoms with Gasteiger partial charge in [-0.1, -0.05) is 0 Å². The number of rotatable bonds is 0. The van der Waals surface area contributed by atoms with Crippen LogP contribution in [0.25, 0.3) is 44.4 Å². The van der Waals surface area contributed by atoms with E-state index in [2.05, 4.69) is 89.6 Å². The van der Waals surface area contributed by atoms with Gasteiger partial charge >= 0.3 is 0 Å². The molecule has 3 aromatic rings. The summed E-state index contributed by atoms with van der Waals surface area (Å²) in [6, 6.07) is 8.72. The minimum Gasteiger partial charge on any atom is -0.355 e. The van der Waals surface area contributed by atoms with Crippen LogP contribution in [0.2, 0.25) is 0 Å². The summed E-state index contributed by atoms with van der Waals surface area (Å²) < 4.78 is 0. The normalized spacial score (nSPS) is 14.0. The van der Waals surface area contributed by atoms with Crippen molar-refractivity contribution in [1.29, 1.82) is 0 Å². The Hall–Kier alpha value is -3.40. The van der Waals surface area contributed by atoms with Gasteiger partial charge in [-0.2, -0.15) is 0 Å². The van der Waals surface area contributed by atoms with E-state index < -0.39 is 0 Å². The smallest absolute Gasteiger partial charge is 0.0691 e. The molecular formula is C28H30N4. The third kappa shape index (κ3) is 2.97. The lowest BCUT2D eigenvalue weighted by atomic mass is 10.1. The number of hydrogen-bond acceptors (Lipinski definition) is 2. The van der Waals surface area contributed by atoms with Gasteiger partial charge in [0.2, 0.25) is 0 Å². The lowest BCUT2D eigenvalue weighted by Gasteiger charge is -1.96. The SMILES string of the molecule is CC1=C(C)c2cc3[nH]c(cc4[nH]c(cc5nc(cc1n2)C(C)=C5C)c(C)c4C)c(C)c3C. The molecule has 0 unspecified atom stereocenters. The molecule has 0 aliphatic carbocycles. The molecule has 0 saturated heterocycles. The first-order chi connectivity index (χ1) is 15.2. The predicted molar refractivity (Wildman–Crippen MR) is 136 cm³/mol. The Morgan fingerprint density at radius 1 is 0.406 bits per heavy atom. The summed E-state index contributed by atoms with van der Waals surface area (Å²) in [5.74, 6) is 0. The first-order valence-electron chi connectivity index (χ1n) is 11.2. The predicted octanol–water partition coefficient (Wildman–Crippen LogP) is 7.45. The van der Waals surface area contributed by atoms with E-state index in [1.807, 2.05) is 0 Å². The number of aryl methyl sites for hydroxylation is 4. The Morgan fingerprint density at radius 3 is 1.03 bits per heavy atom. The number of aromatic amines is 2. The molecule has 162 valence electrons. The van der Waals surface area contributed by atoms with E-state index in [0.29, 0.717) is 0 Å². The molecule has 32 heavy (non-hydrogen) atoms. The van der Waals surface area contributed by atoms with Crippen molar-refractivity contribution in [2.45, 2.75) is 55.4 Å². The highest BCUT2D eigenvalue weighted by molar-refractivity contribution is 5.94. The van der Waals surface area contributed by atoms with Crippen molar-refractivity contribution in [3.63, 3.8) is 0 Å². The van der Waals surface area contributed by atoms with Gasteiger partial charge in [-0.15, -0.1) is 0 Å². The molecule has 8 bridgehead atoms. The molecule has 0 fully saturated rings. The summed E-state index contributed by atoms with van der Waals surface area (Å²) in [5, 5.41) is 0. The van der Waals surface area contributed by atoms with Crippen LogP contribution in [0.15, 0.2) is 24.3 Å². The van der Waals surface area contributed by atoms with Gasteiger partial charge in [0.15, 0.2) is 0 Å². The first-order valence-corrected chi connectivity index (χ1v) is 11.2. The van der Waals surface area contributed by atoms with E-state index in [-0.39, 0.29) is 0 Å². The standard InChI is InChI=1S/C28H30N4/c1-13-14(2)22-10-24-17(5)18(6)26(31-24)12-28-20(8)19(7)27(32-28)11-25-16(4)15(3)23(30-25)9-21(13)29-22/h9-12,29-30H,1-8H3. The second-order valence-corrected chi connectivity index (χ2v) is 9.25. The van der Waals surface area contributed by atoms with Crippen LogP contribution in [0.4, 0.5) is 0 Å². The van der Waals surface area contributed by atoms with Crippen LogP contribution in [0.1, 0.15) is 72.7 Å². The van der Waals surface area contributed by atoms with Crippen LogP contribution < -0.4 is 0 Å². The monoisotopic (exact) mass is 422 g/mol. The second-order valence-electron chi connectivity index (χ2n) is 9.25. The fourth-order valence-corrected chi connectivity index (χ4v) is 4.52. The molecule has 0 atom stereocenters. The van der Waals surface area contributed by atoms with Gasteiger partial charge in [0.05, 0.1) is 22.8 Å². The van der Waals surface area contributed by atoms with Crippen LogP contribution in [-0.2, 0) is 0 Å². The van der Waals surface area contributed by atoms with Crippen molar-refractivity contribution in [2.24, 2.45) is 0 Å². The van der Waals surface area contributed by atoms with Crippen LogP contribution in [0.3, 0.4) is 0 Å². The fourth-order valence-electron chi connectivity index (χ4n) is 4.52. The number of nitrogens with zero attached hydrogens (tertiary/aromatic N) is 2. The maximum Gasteiger partial charge on any atom is 0.0691 e. The zero-order chi connectivity index (χ0) is 22.9. The molecule has 5 rings (SSSR count). The molecule has 3 aromatic heterocycles. The highest BCUT2D eigenvalue weighted by atomic mass is 14.8. The van der Waals surface area contributed by atoms with Gasteiger partial charge in [-0.25, -0.2) is 9.97 Å². The molecule has 4 nitrogen and oxygen atoms in total. The van der Waals surface area contributed by atoms with Crippen LogP contribution in [0.5, 0.6) is 0 Å². The third-order valence-corrected chi connectivity index (χ3v) is 7.55. The zero-order valence-corrected chi connectivity index (χ0v) is 20.2. The number of H-pyrrole nitrogens is 2. The minimum absolute atomic E-state index is 0.995. The molecule has 0 radical (unpaired) electrons. The van der Waals surface area contributed by atoms with Crippen molar-refractivity contribution < 1.29 is 0 Å². The second kappa shape index (κ2) is 7.06. The van der Waals surface area contributed by atoms with Gasteiger partial charge < -0.3 is 9.97 Å². The number of aromatic nitrogens is 4. The van der Waals surface area contributed by atoms with Crippen molar-refractivity contribution in [2.75, 3.05) is 0 Å². The first kappa shape index (κ1) is 20.5. The Balaban J connectivity index is 1.99. The van der Waals surface area contributed by atoms with Crippen molar-refractivity contribution in [3.8, 4) is 0 Å². The summed E-state index contributed by atoms with van der Waals surface area (Å²) in [6.45, 7) is 17.3. The van der Waals surface area contributed by atoms with Crippen LogP contribution in [0, 0.1) is 27.7 Å². The minimum atomic E-state index is 0.995. The Morgan fingerprint density at radius 2 is 0.688 bits per heavy atom. The van der Waals surface area contributed by atoms with Gasteiger partial charge in [0, 0.05) is 22.1 Å². The highest BCUT2D eigenvalue weighted by Crippen LogP contribution is 2.34. The lowest BCUT2D eigenvalue weighted by molar-refractivity contribution is 1.25. The molecule has 2 aliphatic heterocycles. The molecule has 0 spiro atoms. The molecular weight excluding hydrogens is 392 g/mol. The summed E-state index contributed by atoms with van der Waals surface area (Å²) in [4.78, 5) is 17.3. The Labute approximate surface area is 189 Å². The number of fused-ring (bicyclic) bond motifs is 8. The molecule has 5 heterocycles. The lowest BCUT2D eigenvalue weighted by Crippen LogP contribution is -1.82. The van der Waals surface area contributed by atoms with E-state index in [1.54, 1.807) is 0 Å². The van der Waals surface area contributed by atoms with Crippen LogP contribution >= 0.6 is 0 Å². The largest absolute Gasteiger partial charge is 0.355 e. The molecule has 4 heteroatoms. The van der Waals surface area contributed by atoms with Gasteiger partial charge in [-0.3, -0.25) is 0 Å². The zero-order valence-electron chi connectivity index (χ0n) is 20.2. The van der Waals surface area contributed by atoms with Crippen molar-refractivity contribution in [1.82, 2.24) is 19.9 Å². The maximum atomic E-state index is 4.99. The summed E-state index contributed by atoms with van der Waals surface area (Å²) in [5.41, 5.74) is 18.4. The van der Waals surface area contributed by atoms with E-state index in [9.17, 15) is 0 Å². The quantitative estimate of drug-likeness (QED) is 0.395. The van der Waals surface area contributed by atoms with E-state index >= 15 is 0 Å². The van der Waals surface area contributed by atoms with Crippen molar-refractivity contribution in [3.05, 3.63) is 69.3 Å². The van der Waals surface area contributed by atoms with E-state index in [4.69, 9.17) is 9.97 Å². The number of nitrogens with one attached hydrogen (secondary N) is 2. The fraction of sp³-hybridized carbons (Fsp3) is 0.286. The van der Waals surface area contributed by atoms with E-state index in [0.717, 1.165) is 44.8 Å². The van der Waals surface area contributed by atoms with Gasteiger partial charge in [0.25, 0.3) is 0 Å². The van der Waals surface area contributed by atoms with Crippen LogP contribution in [-0.4, -0.2) is 19.9 Å². The number of hydrogen-bond donors (Lipinski definition) is 2. The summed E-state index contributed by atoms with van der Waals surface area (Å²) in [6.07, 6.45) is 0. The molecule has 0 aromatic carbocycles. The number of allylic oxidation sites excluding steroid dienone is 4. The van der Waals surface area contributed by atoms with E-state index in [1.165, 1.54) is 44.5 Å².